The standard InChI is InChI=1S/C14H17ClN2O2/c1-3-13(18)16-7-8-17(14(19)10(16)2)12-6-4-5-11(15)9-12/h4-6,9-10H,3,7-8H2,1-2H3/t10-/m0/s1. The van der Waals surface area contributed by atoms with Gasteiger partial charge in [0.1, 0.15) is 6.04 Å². The summed E-state index contributed by atoms with van der Waals surface area (Å²) in [7, 11) is 0. The van der Waals surface area contributed by atoms with Crippen molar-refractivity contribution in [2.45, 2.75) is 26.3 Å². The predicted octanol–water partition coefficient (Wildman–Crippen LogP) is 2.31. The zero-order valence-corrected chi connectivity index (χ0v) is 11.9. The van der Waals surface area contributed by atoms with Crippen LogP contribution in [0.4, 0.5) is 5.69 Å². The van der Waals surface area contributed by atoms with Crippen molar-refractivity contribution < 1.29 is 9.59 Å². The van der Waals surface area contributed by atoms with Crippen LogP contribution in [-0.4, -0.2) is 35.8 Å². The number of hydrogen-bond acceptors (Lipinski definition) is 2. The Hall–Kier alpha value is -1.55. The van der Waals surface area contributed by atoms with Crippen molar-refractivity contribution in [1.29, 1.82) is 0 Å². The fourth-order valence-electron chi connectivity index (χ4n) is 2.31. The molecule has 2 rings (SSSR count). The molecule has 1 fully saturated rings. The van der Waals surface area contributed by atoms with Crippen molar-refractivity contribution >= 4 is 29.1 Å². The first-order valence-corrected chi connectivity index (χ1v) is 6.78. The minimum absolute atomic E-state index is 0.0200. The maximum atomic E-state index is 12.4. The van der Waals surface area contributed by atoms with Crippen molar-refractivity contribution in [2.24, 2.45) is 0 Å². The van der Waals surface area contributed by atoms with Crippen LogP contribution in [0.3, 0.4) is 0 Å². The molecule has 1 aromatic carbocycles. The Morgan fingerprint density at radius 1 is 1.42 bits per heavy atom. The molecular weight excluding hydrogens is 264 g/mol. The Balaban J connectivity index is 2.20. The molecule has 0 unspecified atom stereocenters. The van der Waals surface area contributed by atoms with E-state index in [0.29, 0.717) is 24.5 Å². The zero-order chi connectivity index (χ0) is 14.0. The smallest absolute Gasteiger partial charge is 0.249 e. The summed E-state index contributed by atoms with van der Waals surface area (Å²) in [6, 6.07) is 6.80. The number of nitrogens with zero attached hydrogens (tertiary/aromatic N) is 2. The van der Waals surface area contributed by atoms with Crippen molar-refractivity contribution in [3.8, 4) is 0 Å². The second-order valence-electron chi connectivity index (χ2n) is 4.59. The van der Waals surface area contributed by atoms with Gasteiger partial charge in [0.15, 0.2) is 0 Å². The minimum Gasteiger partial charge on any atom is -0.329 e. The summed E-state index contributed by atoms with van der Waals surface area (Å²) in [5.74, 6) is -0.0399. The van der Waals surface area contributed by atoms with Crippen LogP contribution in [0.25, 0.3) is 0 Å². The molecule has 0 spiro atoms. The third-order valence-electron chi connectivity index (χ3n) is 3.40. The second-order valence-corrected chi connectivity index (χ2v) is 5.02. The largest absolute Gasteiger partial charge is 0.329 e. The SMILES string of the molecule is CCC(=O)N1CCN(c2cccc(Cl)c2)C(=O)[C@@H]1C. The maximum absolute atomic E-state index is 12.4. The first-order valence-electron chi connectivity index (χ1n) is 6.41. The molecule has 0 aliphatic carbocycles. The van der Waals surface area contributed by atoms with E-state index >= 15 is 0 Å². The quantitative estimate of drug-likeness (QED) is 0.834. The van der Waals surface area contributed by atoms with Crippen LogP contribution >= 0.6 is 11.6 Å². The lowest BCUT2D eigenvalue weighted by Gasteiger charge is -2.39. The molecule has 0 saturated carbocycles. The van der Waals surface area contributed by atoms with E-state index in [4.69, 9.17) is 11.6 Å². The van der Waals surface area contributed by atoms with E-state index in [1.807, 2.05) is 19.1 Å². The van der Waals surface area contributed by atoms with Crippen LogP contribution < -0.4 is 4.90 Å². The van der Waals surface area contributed by atoms with Gasteiger partial charge in [0, 0.05) is 30.2 Å². The Labute approximate surface area is 117 Å². The average Bonchev–Trinajstić information content (AvgIpc) is 2.41. The Bertz CT molecular complexity index is 504. The Morgan fingerprint density at radius 3 is 2.79 bits per heavy atom. The minimum atomic E-state index is -0.416. The third kappa shape index (κ3) is 2.73. The van der Waals surface area contributed by atoms with Crippen molar-refractivity contribution in [3.05, 3.63) is 29.3 Å². The molecule has 4 nitrogen and oxygen atoms in total. The highest BCUT2D eigenvalue weighted by atomic mass is 35.5. The molecule has 1 atom stereocenters. The number of rotatable bonds is 2. The fourth-order valence-corrected chi connectivity index (χ4v) is 2.50. The fraction of sp³-hybridized carbons (Fsp3) is 0.429. The van der Waals surface area contributed by atoms with E-state index in [1.165, 1.54) is 0 Å². The van der Waals surface area contributed by atoms with Crippen molar-refractivity contribution in [3.63, 3.8) is 0 Å². The van der Waals surface area contributed by atoms with Crippen LogP contribution in [0, 0.1) is 0 Å². The first kappa shape index (κ1) is 13.9. The summed E-state index contributed by atoms with van der Waals surface area (Å²) < 4.78 is 0. The third-order valence-corrected chi connectivity index (χ3v) is 3.63. The number of amides is 2. The Morgan fingerprint density at radius 2 is 2.16 bits per heavy atom. The molecule has 102 valence electrons. The topological polar surface area (TPSA) is 40.6 Å². The molecule has 1 aromatic rings. The molecule has 0 bridgehead atoms. The molecule has 0 N–H and O–H groups in total. The number of carbonyl (C=O) groups is 2. The van der Waals surface area contributed by atoms with Gasteiger partial charge in [-0.2, -0.15) is 0 Å². The maximum Gasteiger partial charge on any atom is 0.249 e. The van der Waals surface area contributed by atoms with E-state index < -0.39 is 6.04 Å². The molecule has 1 aliphatic heterocycles. The van der Waals surface area contributed by atoms with Gasteiger partial charge in [0.05, 0.1) is 0 Å². The zero-order valence-electron chi connectivity index (χ0n) is 11.1. The molecule has 2 amide bonds. The van der Waals surface area contributed by atoms with Crippen LogP contribution in [0.15, 0.2) is 24.3 Å². The summed E-state index contributed by atoms with van der Waals surface area (Å²) >= 11 is 5.95. The lowest BCUT2D eigenvalue weighted by Crippen LogP contribution is -2.57. The highest BCUT2D eigenvalue weighted by Crippen LogP contribution is 2.23. The van der Waals surface area contributed by atoms with Crippen LogP contribution in [0.1, 0.15) is 20.3 Å². The number of carbonyl (C=O) groups excluding carboxylic acids is 2. The molecule has 19 heavy (non-hydrogen) atoms. The van der Waals surface area contributed by atoms with E-state index in [2.05, 4.69) is 0 Å². The van der Waals surface area contributed by atoms with Gasteiger partial charge < -0.3 is 9.80 Å². The lowest BCUT2D eigenvalue weighted by atomic mass is 10.1. The van der Waals surface area contributed by atoms with Crippen LogP contribution in [0.2, 0.25) is 5.02 Å². The molecule has 5 heteroatoms. The van der Waals surface area contributed by atoms with Gasteiger partial charge in [-0.25, -0.2) is 0 Å². The highest BCUT2D eigenvalue weighted by Gasteiger charge is 2.34. The second kappa shape index (κ2) is 5.61. The molecule has 1 saturated heterocycles. The average molecular weight is 281 g/mol. The molecule has 1 aliphatic rings. The van der Waals surface area contributed by atoms with Gasteiger partial charge in [0.2, 0.25) is 11.8 Å². The van der Waals surface area contributed by atoms with Gasteiger partial charge in [-0.05, 0) is 25.1 Å². The van der Waals surface area contributed by atoms with Gasteiger partial charge in [-0.1, -0.05) is 24.6 Å². The molecule has 1 heterocycles. The van der Waals surface area contributed by atoms with E-state index in [1.54, 1.807) is 28.9 Å². The predicted molar refractivity (Wildman–Crippen MR) is 75.3 cm³/mol. The monoisotopic (exact) mass is 280 g/mol. The van der Waals surface area contributed by atoms with Crippen LogP contribution in [0.5, 0.6) is 0 Å². The van der Waals surface area contributed by atoms with Gasteiger partial charge in [0.25, 0.3) is 0 Å². The molecule has 0 radical (unpaired) electrons. The number of hydrogen-bond donors (Lipinski definition) is 0. The first-order chi connectivity index (χ1) is 9.04. The van der Waals surface area contributed by atoms with E-state index in [-0.39, 0.29) is 11.8 Å². The van der Waals surface area contributed by atoms with Crippen LogP contribution in [-0.2, 0) is 9.59 Å². The lowest BCUT2D eigenvalue weighted by molar-refractivity contribution is -0.140. The number of anilines is 1. The van der Waals surface area contributed by atoms with Gasteiger partial charge in [-0.15, -0.1) is 0 Å². The van der Waals surface area contributed by atoms with Crippen molar-refractivity contribution in [2.75, 3.05) is 18.0 Å². The molecular formula is C14H17ClN2O2. The summed E-state index contributed by atoms with van der Waals surface area (Å²) in [6.45, 7) is 4.65. The van der Waals surface area contributed by atoms with Gasteiger partial charge in [-0.3, -0.25) is 9.59 Å². The van der Waals surface area contributed by atoms with E-state index in [9.17, 15) is 9.59 Å². The summed E-state index contributed by atoms with van der Waals surface area (Å²) in [6.07, 6.45) is 0.425. The summed E-state index contributed by atoms with van der Waals surface area (Å²) in [4.78, 5) is 27.4. The summed E-state index contributed by atoms with van der Waals surface area (Å²) in [5, 5.41) is 0.602. The van der Waals surface area contributed by atoms with Crippen molar-refractivity contribution in [1.82, 2.24) is 4.90 Å². The summed E-state index contributed by atoms with van der Waals surface area (Å²) in [5.41, 5.74) is 0.785. The normalized spacial score (nSPS) is 19.7. The Kier molecular flexibility index (Phi) is 4.10. The number of benzene rings is 1. The number of halogens is 1. The number of piperazine rings is 1. The molecule has 0 aromatic heterocycles. The van der Waals surface area contributed by atoms with E-state index in [0.717, 1.165) is 5.69 Å². The van der Waals surface area contributed by atoms with Gasteiger partial charge >= 0.3 is 0 Å². The highest BCUT2D eigenvalue weighted by molar-refractivity contribution is 6.30.